The van der Waals surface area contributed by atoms with Gasteiger partial charge in [-0.25, -0.2) is 4.98 Å². The predicted molar refractivity (Wildman–Crippen MR) is 118 cm³/mol. The number of aryl methyl sites for hydroxylation is 1. The van der Waals surface area contributed by atoms with Crippen molar-refractivity contribution < 1.29 is 9.59 Å². The number of fused-ring (bicyclic) bond motifs is 3. The van der Waals surface area contributed by atoms with Gasteiger partial charge in [-0.15, -0.1) is 11.3 Å². The number of carbonyl (C=O) groups excluding carboxylic acids is 2. The van der Waals surface area contributed by atoms with Crippen molar-refractivity contribution in [2.24, 2.45) is 5.92 Å². The van der Waals surface area contributed by atoms with Crippen LogP contribution < -0.4 is 16.2 Å². The molecule has 2 heterocycles. The molecular formula is C22H24N4O3S. The smallest absolute Gasteiger partial charge is 0.262 e. The van der Waals surface area contributed by atoms with E-state index in [9.17, 15) is 14.4 Å². The lowest BCUT2D eigenvalue weighted by molar-refractivity contribution is -0.116. The highest BCUT2D eigenvalue weighted by Gasteiger charge is 2.23. The van der Waals surface area contributed by atoms with Crippen molar-refractivity contribution in [1.82, 2.24) is 14.9 Å². The van der Waals surface area contributed by atoms with Gasteiger partial charge < -0.3 is 10.6 Å². The van der Waals surface area contributed by atoms with Crippen LogP contribution in [-0.4, -0.2) is 27.9 Å². The first-order chi connectivity index (χ1) is 14.5. The Morgan fingerprint density at radius 3 is 2.97 bits per heavy atom. The van der Waals surface area contributed by atoms with Gasteiger partial charge in [-0.2, -0.15) is 0 Å². The third kappa shape index (κ3) is 4.00. The van der Waals surface area contributed by atoms with E-state index in [2.05, 4.69) is 22.5 Å². The monoisotopic (exact) mass is 424 g/mol. The number of amides is 2. The second-order valence-corrected chi connectivity index (χ2v) is 8.78. The van der Waals surface area contributed by atoms with Gasteiger partial charge >= 0.3 is 0 Å². The molecule has 0 saturated carbocycles. The topological polar surface area (TPSA) is 93.1 Å². The Labute approximate surface area is 178 Å². The maximum Gasteiger partial charge on any atom is 0.262 e. The maximum absolute atomic E-state index is 13.0. The van der Waals surface area contributed by atoms with Crippen molar-refractivity contribution in [2.75, 3.05) is 11.9 Å². The Bertz CT molecular complexity index is 1180. The molecule has 4 rings (SSSR count). The highest BCUT2D eigenvalue weighted by molar-refractivity contribution is 7.18. The summed E-state index contributed by atoms with van der Waals surface area (Å²) in [5, 5.41) is 6.15. The Morgan fingerprint density at radius 2 is 2.17 bits per heavy atom. The summed E-state index contributed by atoms with van der Waals surface area (Å²) in [6.45, 7) is 4.47. The molecule has 0 bridgehead atoms. The molecule has 0 radical (unpaired) electrons. The van der Waals surface area contributed by atoms with Gasteiger partial charge in [0.2, 0.25) is 5.91 Å². The first-order valence-corrected chi connectivity index (χ1v) is 11.0. The van der Waals surface area contributed by atoms with Crippen LogP contribution in [0, 0.1) is 5.92 Å². The molecule has 2 amide bonds. The molecule has 1 aliphatic carbocycles. The molecule has 8 heteroatoms. The third-order valence-electron chi connectivity index (χ3n) is 5.34. The summed E-state index contributed by atoms with van der Waals surface area (Å²) >= 11 is 1.59. The summed E-state index contributed by atoms with van der Waals surface area (Å²) < 4.78 is 1.36. The summed E-state index contributed by atoms with van der Waals surface area (Å²) in [6, 6.07) is 6.72. The molecule has 1 aliphatic rings. The number of carbonyl (C=O) groups is 2. The number of hydrogen-bond acceptors (Lipinski definition) is 5. The minimum Gasteiger partial charge on any atom is -0.352 e. The quantitative estimate of drug-likeness (QED) is 0.659. The van der Waals surface area contributed by atoms with E-state index in [1.54, 1.807) is 35.6 Å². The van der Waals surface area contributed by atoms with Crippen LogP contribution in [0.1, 0.15) is 41.1 Å². The van der Waals surface area contributed by atoms with Gasteiger partial charge in [0.25, 0.3) is 11.5 Å². The molecule has 3 aromatic rings. The van der Waals surface area contributed by atoms with Crippen molar-refractivity contribution >= 4 is 39.1 Å². The Morgan fingerprint density at radius 1 is 1.33 bits per heavy atom. The minimum absolute atomic E-state index is 0.131. The first kappa shape index (κ1) is 20.3. The molecule has 1 aromatic carbocycles. The van der Waals surface area contributed by atoms with Crippen LogP contribution in [-0.2, 0) is 24.2 Å². The Hall–Kier alpha value is -3.00. The minimum atomic E-state index is -0.344. The molecule has 7 nitrogen and oxygen atoms in total. The van der Waals surface area contributed by atoms with Crippen LogP contribution in [0.15, 0.2) is 35.4 Å². The van der Waals surface area contributed by atoms with E-state index < -0.39 is 0 Å². The molecule has 2 N–H and O–H groups in total. The molecule has 1 unspecified atom stereocenters. The van der Waals surface area contributed by atoms with E-state index in [4.69, 9.17) is 0 Å². The van der Waals surface area contributed by atoms with E-state index >= 15 is 0 Å². The van der Waals surface area contributed by atoms with Crippen LogP contribution in [0.2, 0.25) is 0 Å². The van der Waals surface area contributed by atoms with Gasteiger partial charge in [-0.1, -0.05) is 13.0 Å². The molecular weight excluding hydrogens is 400 g/mol. The van der Waals surface area contributed by atoms with Crippen molar-refractivity contribution in [3.63, 3.8) is 0 Å². The molecule has 0 fully saturated rings. The Kier molecular flexibility index (Phi) is 5.67. The number of hydrogen-bond donors (Lipinski definition) is 2. The lowest BCUT2D eigenvalue weighted by atomic mass is 9.89. The van der Waals surface area contributed by atoms with Crippen molar-refractivity contribution in [2.45, 2.75) is 39.7 Å². The van der Waals surface area contributed by atoms with E-state index in [0.29, 0.717) is 29.1 Å². The normalized spacial score (nSPS) is 15.6. The fraction of sp³-hybridized carbons (Fsp3) is 0.364. The maximum atomic E-state index is 13.0. The van der Waals surface area contributed by atoms with Crippen molar-refractivity contribution in [3.05, 3.63) is 57.0 Å². The molecule has 156 valence electrons. The number of nitrogens with one attached hydrogen (secondary N) is 2. The molecule has 0 spiro atoms. The van der Waals surface area contributed by atoms with Gasteiger partial charge in [0.1, 0.15) is 11.4 Å². The fourth-order valence-corrected chi connectivity index (χ4v) is 5.18. The first-order valence-electron chi connectivity index (χ1n) is 10.1. The largest absolute Gasteiger partial charge is 0.352 e. The van der Waals surface area contributed by atoms with Gasteiger partial charge in [-0.05, 0) is 55.9 Å². The Balaban J connectivity index is 1.54. The van der Waals surface area contributed by atoms with Crippen LogP contribution in [0.3, 0.4) is 0 Å². The highest BCUT2D eigenvalue weighted by atomic mass is 32.1. The number of anilines is 1. The lowest BCUT2D eigenvalue weighted by Gasteiger charge is -2.17. The molecule has 1 atom stereocenters. The van der Waals surface area contributed by atoms with Crippen molar-refractivity contribution in [1.29, 1.82) is 0 Å². The number of thiophene rings is 1. The number of rotatable bonds is 5. The van der Waals surface area contributed by atoms with E-state index in [-0.39, 0.29) is 23.9 Å². The summed E-state index contributed by atoms with van der Waals surface area (Å²) in [7, 11) is 0. The van der Waals surface area contributed by atoms with Gasteiger partial charge in [0.15, 0.2) is 0 Å². The van der Waals surface area contributed by atoms with Crippen LogP contribution in [0.5, 0.6) is 0 Å². The van der Waals surface area contributed by atoms with Gasteiger partial charge in [-0.3, -0.25) is 19.0 Å². The molecule has 0 aliphatic heterocycles. The summed E-state index contributed by atoms with van der Waals surface area (Å²) in [4.78, 5) is 44.0. The molecule has 30 heavy (non-hydrogen) atoms. The van der Waals surface area contributed by atoms with E-state index in [1.807, 2.05) is 6.92 Å². The van der Waals surface area contributed by atoms with Crippen LogP contribution in [0.25, 0.3) is 10.2 Å². The van der Waals surface area contributed by atoms with E-state index in [1.165, 1.54) is 15.8 Å². The second kappa shape index (κ2) is 8.39. The summed E-state index contributed by atoms with van der Waals surface area (Å²) in [5.41, 5.74) is 1.91. The average Bonchev–Trinajstić information content (AvgIpc) is 3.08. The van der Waals surface area contributed by atoms with Crippen molar-refractivity contribution in [3.8, 4) is 0 Å². The number of aromatic nitrogens is 2. The zero-order chi connectivity index (χ0) is 21.3. The average molecular weight is 425 g/mol. The van der Waals surface area contributed by atoms with Gasteiger partial charge in [0.05, 0.1) is 11.7 Å². The van der Waals surface area contributed by atoms with E-state index in [0.717, 1.165) is 29.7 Å². The molecule has 0 saturated heterocycles. The van der Waals surface area contributed by atoms with Gasteiger partial charge in [0, 0.05) is 22.7 Å². The third-order valence-corrected chi connectivity index (χ3v) is 6.50. The summed E-state index contributed by atoms with van der Waals surface area (Å²) in [6.07, 6.45) is 4.38. The fourth-order valence-electron chi connectivity index (χ4n) is 3.83. The SMILES string of the molecule is CCNC(=O)c1cccc(NC(=O)Cn2cnc3sc4c(c3c2=O)CCC(C)C4)c1. The standard InChI is InChI=1S/C22H24N4O3S/c1-3-23-20(28)14-5-4-6-15(10-14)25-18(27)11-26-12-24-21-19(22(26)29)16-8-7-13(2)9-17(16)30-21/h4-6,10,12-13H,3,7-9,11H2,1-2H3,(H,23,28)(H,25,27). The number of nitrogens with zero attached hydrogens (tertiary/aromatic N) is 2. The molecule has 2 aromatic heterocycles. The second-order valence-electron chi connectivity index (χ2n) is 7.70. The zero-order valence-electron chi connectivity index (χ0n) is 17.0. The highest BCUT2D eigenvalue weighted by Crippen LogP contribution is 2.35. The van der Waals surface area contributed by atoms with Crippen LogP contribution >= 0.6 is 11.3 Å². The number of benzene rings is 1. The lowest BCUT2D eigenvalue weighted by Crippen LogP contribution is -2.28. The zero-order valence-corrected chi connectivity index (χ0v) is 17.8. The predicted octanol–water partition coefficient (Wildman–Crippen LogP) is 2.97. The summed E-state index contributed by atoms with van der Waals surface area (Å²) in [5.74, 6) is 0.0776. The van der Waals surface area contributed by atoms with Crippen LogP contribution in [0.4, 0.5) is 5.69 Å².